The lowest BCUT2D eigenvalue weighted by Gasteiger charge is -2.51. The smallest absolute Gasteiger partial charge is 0.311 e. The van der Waals surface area contributed by atoms with Gasteiger partial charge in [-0.25, -0.2) is 0 Å². The molecule has 0 bridgehead atoms. The summed E-state index contributed by atoms with van der Waals surface area (Å²) in [4.78, 5) is 28.3. The van der Waals surface area contributed by atoms with Gasteiger partial charge in [-0.1, -0.05) is 0 Å². The molecule has 1 amide bonds. The predicted octanol–water partition coefficient (Wildman–Crippen LogP) is 1.69. The first-order chi connectivity index (χ1) is 10.5. The molecule has 1 aromatic rings. The molecule has 0 aromatic carbocycles. The van der Waals surface area contributed by atoms with Crippen molar-refractivity contribution in [2.24, 2.45) is 5.41 Å². The number of likely N-dealkylation sites (N-methyl/N-ethyl adjacent to an activating group) is 1. The number of likely N-dealkylation sites (tertiary alicyclic amines) is 2. The van der Waals surface area contributed by atoms with Gasteiger partial charge < -0.3 is 14.9 Å². The van der Waals surface area contributed by atoms with Crippen LogP contribution in [0.25, 0.3) is 0 Å². The zero-order valence-corrected chi connectivity index (χ0v) is 13.6. The quantitative estimate of drug-likeness (QED) is 0.920. The minimum atomic E-state index is -0.700. The maximum absolute atomic E-state index is 12.5. The lowest BCUT2D eigenvalue weighted by Crippen LogP contribution is -2.63. The number of hydrogen-bond donors (Lipinski definition) is 1. The van der Waals surface area contributed by atoms with Crippen molar-refractivity contribution in [1.29, 1.82) is 0 Å². The molecule has 120 valence electrons. The fourth-order valence-electron chi connectivity index (χ4n) is 3.89. The number of rotatable bonds is 3. The van der Waals surface area contributed by atoms with E-state index in [1.807, 2.05) is 28.8 Å². The Bertz CT molecular complexity index is 560. The van der Waals surface area contributed by atoms with Crippen LogP contribution in [0.1, 0.15) is 24.8 Å². The van der Waals surface area contributed by atoms with Crippen molar-refractivity contribution in [3.05, 3.63) is 22.4 Å². The van der Waals surface area contributed by atoms with E-state index in [9.17, 15) is 14.7 Å². The number of piperidine rings is 2. The fourth-order valence-corrected chi connectivity index (χ4v) is 4.56. The van der Waals surface area contributed by atoms with Gasteiger partial charge in [-0.2, -0.15) is 11.3 Å². The van der Waals surface area contributed by atoms with Gasteiger partial charge in [0.25, 0.3) is 0 Å². The average molecular weight is 322 g/mol. The Balaban J connectivity index is 1.73. The van der Waals surface area contributed by atoms with Crippen LogP contribution in [0.15, 0.2) is 16.8 Å². The van der Waals surface area contributed by atoms with E-state index in [1.54, 1.807) is 11.3 Å². The Morgan fingerprint density at radius 1 is 1.41 bits per heavy atom. The second-order valence-corrected chi connectivity index (χ2v) is 7.24. The van der Waals surface area contributed by atoms with Crippen molar-refractivity contribution >= 4 is 23.2 Å². The molecule has 0 aliphatic carbocycles. The second kappa shape index (κ2) is 6.01. The Kier molecular flexibility index (Phi) is 4.23. The third-order valence-electron chi connectivity index (χ3n) is 5.24. The monoisotopic (exact) mass is 322 g/mol. The number of aliphatic carboxylic acids is 1. The molecule has 3 heterocycles. The number of thiophene rings is 1. The van der Waals surface area contributed by atoms with Crippen LogP contribution in [0.2, 0.25) is 0 Å². The number of carbonyl (C=O) groups is 2. The maximum atomic E-state index is 12.5. The third kappa shape index (κ3) is 2.65. The molecule has 22 heavy (non-hydrogen) atoms. The molecule has 0 saturated carbocycles. The topological polar surface area (TPSA) is 60.9 Å². The number of carboxylic acid groups (broad SMARTS) is 1. The zero-order chi connectivity index (χ0) is 15.7. The van der Waals surface area contributed by atoms with E-state index in [-0.39, 0.29) is 11.9 Å². The summed E-state index contributed by atoms with van der Waals surface area (Å²) in [6.07, 6.45) is 2.62. The van der Waals surface area contributed by atoms with Crippen LogP contribution >= 0.6 is 11.3 Å². The number of amides is 1. The van der Waals surface area contributed by atoms with Crippen molar-refractivity contribution < 1.29 is 14.7 Å². The molecule has 3 rings (SSSR count). The van der Waals surface area contributed by atoms with E-state index in [4.69, 9.17) is 0 Å². The molecule has 5 nitrogen and oxygen atoms in total. The normalized spacial score (nSPS) is 29.1. The first-order valence-corrected chi connectivity index (χ1v) is 8.70. The van der Waals surface area contributed by atoms with Gasteiger partial charge in [-0.15, -0.1) is 0 Å². The van der Waals surface area contributed by atoms with Crippen molar-refractivity contribution in [3.8, 4) is 0 Å². The molecular formula is C16H22N2O3S. The van der Waals surface area contributed by atoms with Crippen molar-refractivity contribution in [2.45, 2.75) is 31.7 Å². The summed E-state index contributed by atoms with van der Waals surface area (Å²) in [5, 5.41) is 13.7. The highest BCUT2D eigenvalue weighted by atomic mass is 32.1. The van der Waals surface area contributed by atoms with Crippen molar-refractivity contribution in [3.63, 3.8) is 0 Å². The molecule has 2 fully saturated rings. The number of carboxylic acids is 1. The van der Waals surface area contributed by atoms with E-state index in [2.05, 4.69) is 4.90 Å². The maximum Gasteiger partial charge on any atom is 0.311 e. The molecule has 6 heteroatoms. The van der Waals surface area contributed by atoms with Crippen LogP contribution in [-0.4, -0.2) is 59.5 Å². The van der Waals surface area contributed by atoms with E-state index in [1.165, 1.54) is 0 Å². The fraction of sp³-hybridized carbons (Fsp3) is 0.625. The van der Waals surface area contributed by atoms with Crippen LogP contribution < -0.4 is 0 Å². The largest absolute Gasteiger partial charge is 0.481 e. The minimum absolute atomic E-state index is 0.0704. The minimum Gasteiger partial charge on any atom is -0.481 e. The molecule has 1 aromatic heterocycles. The molecule has 0 spiro atoms. The molecule has 2 saturated heterocycles. The SMILES string of the molecule is CN1CCC[C@]2(C(=O)O)CCN(C(=O)Cc3ccsc3)C[C@@H]12. The van der Waals surface area contributed by atoms with Gasteiger partial charge in [0, 0.05) is 19.1 Å². The van der Waals surface area contributed by atoms with E-state index in [0.29, 0.717) is 25.9 Å². The summed E-state index contributed by atoms with van der Waals surface area (Å²) in [5.74, 6) is -0.592. The van der Waals surface area contributed by atoms with E-state index < -0.39 is 11.4 Å². The number of hydrogen-bond acceptors (Lipinski definition) is 4. The first-order valence-electron chi connectivity index (χ1n) is 7.75. The van der Waals surface area contributed by atoms with Crippen LogP contribution in [0.4, 0.5) is 0 Å². The van der Waals surface area contributed by atoms with E-state index >= 15 is 0 Å². The molecule has 2 atom stereocenters. The van der Waals surface area contributed by atoms with Gasteiger partial charge in [0.2, 0.25) is 5.91 Å². The van der Waals surface area contributed by atoms with Gasteiger partial charge in [0.05, 0.1) is 11.8 Å². The second-order valence-electron chi connectivity index (χ2n) is 6.46. The summed E-state index contributed by atoms with van der Waals surface area (Å²) in [5.41, 5.74) is 0.369. The molecule has 1 N–H and O–H groups in total. The summed E-state index contributed by atoms with van der Waals surface area (Å²) >= 11 is 1.59. The van der Waals surface area contributed by atoms with Crippen LogP contribution in [0, 0.1) is 5.41 Å². The van der Waals surface area contributed by atoms with Gasteiger partial charge in [-0.3, -0.25) is 9.59 Å². The van der Waals surface area contributed by atoms with Gasteiger partial charge >= 0.3 is 5.97 Å². The van der Waals surface area contributed by atoms with Crippen molar-refractivity contribution in [1.82, 2.24) is 9.80 Å². The van der Waals surface area contributed by atoms with Crippen LogP contribution in [0.5, 0.6) is 0 Å². The molecule has 2 aliphatic rings. The Morgan fingerprint density at radius 2 is 2.23 bits per heavy atom. The van der Waals surface area contributed by atoms with Crippen molar-refractivity contribution in [2.75, 3.05) is 26.7 Å². The van der Waals surface area contributed by atoms with Crippen LogP contribution in [0.3, 0.4) is 0 Å². The van der Waals surface area contributed by atoms with Gasteiger partial charge in [0.1, 0.15) is 0 Å². The summed E-state index contributed by atoms with van der Waals surface area (Å²) in [6.45, 7) is 2.00. The highest BCUT2D eigenvalue weighted by Gasteiger charge is 2.52. The lowest BCUT2D eigenvalue weighted by atomic mass is 9.68. The zero-order valence-electron chi connectivity index (χ0n) is 12.8. The Labute approximate surface area is 134 Å². The highest BCUT2D eigenvalue weighted by Crippen LogP contribution is 2.42. The number of carbonyl (C=O) groups excluding carboxylic acids is 1. The molecule has 2 aliphatic heterocycles. The average Bonchev–Trinajstić information content (AvgIpc) is 3.00. The standard InChI is InChI=1S/C16H22N2O3S/c1-17-6-2-4-16(15(20)21)5-7-18(10-13(16)17)14(19)9-12-3-8-22-11-12/h3,8,11,13H,2,4-7,9-10H2,1H3,(H,20,21)/t13-,16+/m1/s1. The summed E-state index contributed by atoms with van der Waals surface area (Å²) in [7, 11) is 1.98. The summed E-state index contributed by atoms with van der Waals surface area (Å²) in [6, 6.07) is 1.90. The number of nitrogens with zero attached hydrogens (tertiary/aromatic N) is 2. The lowest BCUT2D eigenvalue weighted by molar-refractivity contribution is -0.165. The van der Waals surface area contributed by atoms with Gasteiger partial charge in [0.15, 0.2) is 0 Å². The first kappa shape index (κ1) is 15.5. The molecule has 0 unspecified atom stereocenters. The molecular weight excluding hydrogens is 300 g/mol. The van der Waals surface area contributed by atoms with Gasteiger partial charge in [-0.05, 0) is 55.2 Å². The predicted molar refractivity (Wildman–Crippen MR) is 84.9 cm³/mol. The summed E-state index contributed by atoms with van der Waals surface area (Å²) < 4.78 is 0. The number of fused-ring (bicyclic) bond motifs is 1. The Morgan fingerprint density at radius 3 is 2.91 bits per heavy atom. The van der Waals surface area contributed by atoms with E-state index in [0.717, 1.165) is 24.9 Å². The third-order valence-corrected chi connectivity index (χ3v) is 5.97. The molecule has 0 radical (unpaired) electrons. The van der Waals surface area contributed by atoms with Crippen LogP contribution in [-0.2, 0) is 16.0 Å². The Hall–Kier alpha value is -1.40. The highest BCUT2D eigenvalue weighted by molar-refractivity contribution is 7.07.